The lowest BCUT2D eigenvalue weighted by Crippen LogP contribution is -2.31. The highest BCUT2D eigenvalue weighted by Gasteiger charge is 2.36. The van der Waals surface area contributed by atoms with Crippen molar-refractivity contribution in [3.63, 3.8) is 0 Å². The molecular formula is C33H34N4O2S. The Morgan fingerprint density at radius 3 is 2.42 bits per heavy atom. The van der Waals surface area contributed by atoms with Gasteiger partial charge in [0.25, 0.3) is 0 Å². The molecule has 40 heavy (non-hydrogen) atoms. The first kappa shape index (κ1) is 26.4. The Balaban J connectivity index is 1.22. The molecule has 0 amide bonds. The highest BCUT2D eigenvalue weighted by molar-refractivity contribution is 7.98. The van der Waals surface area contributed by atoms with Crippen molar-refractivity contribution in [1.29, 1.82) is 0 Å². The summed E-state index contributed by atoms with van der Waals surface area (Å²) >= 11 is 1.60. The largest absolute Gasteiger partial charge is 0.489 e. The van der Waals surface area contributed by atoms with Crippen LogP contribution in [0.4, 0.5) is 5.95 Å². The average Bonchev–Trinajstić information content (AvgIpc) is 3.37. The number of nitrogens with one attached hydrogen (secondary N) is 1. The third-order valence-electron chi connectivity index (χ3n) is 7.48. The summed E-state index contributed by atoms with van der Waals surface area (Å²) in [5.74, 6) is 2.44. The van der Waals surface area contributed by atoms with Crippen LogP contribution in [0.5, 0.6) is 5.75 Å². The standard InChI is InChI=1S/C33H34N4O2S/c1-33(2,3)25-16-12-22(13-17-25)20-39-26-18-14-24(15-19-26)30-29-27(10-7-11-28(29)38)34-31-35-32(36-37(30)31)40-21-23-8-5-4-6-9-23/h4-6,8-9,12-19,30H,7,10-11,20-21H2,1-3H3,(H,34,35,36). The van der Waals surface area contributed by atoms with Gasteiger partial charge < -0.3 is 10.1 Å². The Morgan fingerprint density at radius 1 is 0.950 bits per heavy atom. The molecular weight excluding hydrogens is 516 g/mol. The fourth-order valence-corrected chi connectivity index (χ4v) is 6.03. The Bertz CT molecular complexity index is 1530. The molecule has 7 heteroatoms. The zero-order valence-corrected chi connectivity index (χ0v) is 24.0. The van der Waals surface area contributed by atoms with Crippen LogP contribution in [0.2, 0.25) is 0 Å². The van der Waals surface area contributed by atoms with Crippen LogP contribution in [0.15, 0.2) is 95.3 Å². The molecule has 6 nitrogen and oxygen atoms in total. The smallest absolute Gasteiger partial charge is 0.227 e. The first-order chi connectivity index (χ1) is 19.3. The van der Waals surface area contributed by atoms with Crippen LogP contribution in [0.3, 0.4) is 0 Å². The minimum Gasteiger partial charge on any atom is -0.489 e. The Morgan fingerprint density at radius 2 is 1.70 bits per heavy atom. The molecule has 2 heterocycles. The maximum Gasteiger partial charge on any atom is 0.227 e. The predicted molar refractivity (Wildman–Crippen MR) is 160 cm³/mol. The van der Waals surface area contributed by atoms with Gasteiger partial charge in [0.15, 0.2) is 5.78 Å². The van der Waals surface area contributed by atoms with Gasteiger partial charge in [-0.2, -0.15) is 4.98 Å². The summed E-state index contributed by atoms with van der Waals surface area (Å²) in [6, 6.07) is 26.7. The van der Waals surface area contributed by atoms with Gasteiger partial charge >= 0.3 is 0 Å². The molecule has 6 rings (SSSR count). The molecule has 4 aromatic rings. The van der Waals surface area contributed by atoms with Crippen molar-refractivity contribution in [1.82, 2.24) is 14.8 Å². The van der Waals surface area contributed by atoms with E-state index in [9.17, 15) is 4.79 Å². The molecule has 0 fully saturated rings. The number of hydrogen-bond acceptors (Lipinski definition) is 6. The number of ether oxygens (including phenoxy) is 1. The molecule has 1 unspecified atom stereocenters. The third kappa shape index (κ3) is 5.56. The number of thioether (sulfide) groups is 1. The number of aromatic nitrogens is 3. The van der Waals surface area contributed by atoms with Crippen LogP contribution in [0, 0.1) is 0 Å². The normalized spacial score (nSPS) is 16.8. The van der Waals surface area contributed by atoms with Gasteiger partial charge in [-0.05, 0) is 52.6 Å². The number of Topliss-reactive ketones (excluding diaryl/α,β-unsaturated/α-hetero) is 1. The van der Waals surface area contributed by atoms with E-state index in [-0.39, 0.29) is 17.2 Å². The molecule has 1 atom stereocenters. The molecule has 1 aromatic heterocycles. The SMILES string of the molecule is CC(C)(C)c1ccc(COc2ccc(C3C4=C(CCCC4=O)Nc4nc(SCc5ccccc5)nn43)cc2)cc1. The van der Waals surface area contributed by atoms with E-state index in [4.69, 9.17) is 14.8 Å². The van der Waals surface area contributed by atoms with Gasteiger partial charge in [-0.3, -0.25) is 4.79 Å². The summed E-state index contributed by atoms with van der Waals surface area (Å²) in [6.07, 6.45) is 2.25. The van der Waals surface area contributed by atoms with Crippen LogP contribution in [0.25, 0.3) is 0 Å². The molecule has 3 aromatic carbocycles. The second-order valence-electron chi connectivity index (χ2n) is 11.4. The van der Waals surface area contributed by atoms with Gasteiger partial charge in [0.1, 0.15) is 18.4 Å². The van der Waals surface area contributed by atoms with E-state index in [1.807, 2.05) is 47.1 Å². The topological polar surface area (TPSA) is 69.0 Å². The van der Waals surface area contributed by atoms with Crippen molar-refractivity contribution >= 4 is 23.5 Å². The van der Waals surface area contributed by atoms with Gasteiger partial charge in [0, 0.05) is 23.4 Å². The number of carbonyl (C=O) groups excluding carboxylic acids is 1. The van der Waals surface area contributed by atoms with E-state index in [1.54, 1.807) is 11.8 Å². The zero-order chi connectivity index (χ0) is 27.7. The lowest BCUT2D eigenvalue weighted by molar-refractivity contribution is -0.116. The van der Waals surface area contributed by atoms with Crippen molar-refractivity contribution in [2.75, 3.05) is 5.32 Å². The van der Waals surface area contributed by atoms with Crippen molar-refractivity contribution in [2.24, 2.45) is 0 Å². The number of fused-ring (bicyclic) bond motifs is 1. The summed E-state index contributed by atoms with van der Waals surface area (Å²) < 4.78 is 7.98. The van der Waals surface area contributed by atoms with Crippen molar-refractivity contribution in [3.8, 4) is 5.75 Å². The summed E-state index contributed by atoms with van der Waals surface area (Å²) in [4.78, 5) is 18.0. The van der Waals surface area contributed by atoms with Crippen molar-refractivity contribution in [3.05, 3.63) is 112 Å². The number of carbonyl (C=O) groups is 1. The van der Waals surface area contributed by atoms with E-state index in [0.29, 0.717) is 24.1 Å². The van der Waals surface area contributed by atoms with E-state index in [1.165, 1.54) is 11.1 Å². The molecule has 0 spiro atoms. The number of hydrogen-bond donors (Lipinski definition) is 1. The van der Waals surface area contributed by atoms with Gasteiger partial charge in [-0.15, -0.1) is 5.10 Å². The van der Waals surface area contributed by atoms with Gasteiger partial charge in [0.2, 0.25) is 11.1 Å². The number of anilines is 1. The first-order valence-corrected chi connectivity index (χ1v) is 14.8. The maximum atomic E-state index is 13.2. The summed E-state index contributed by atoms with van der Waals surface area (Å²) in [5, 5.41) is 8.98. The van der Waals surface area contributed by atoms with Crippen molar-refractivity contribution < 1.29 is 9.53 Å². The Labute approximate surface area is 239 Å². The van der Waals surface area contributed by atoms with Gasteiger partial charge in [-0.1, -0.05) is 99.3 Å². The van der Waals surface area contributed by atoms with E-state index >= 15 is 0 Å². The molecule has 1 aliphatic carbocycles. The van der Waals surface area contributed by atoms with Crippen LogP contribution in [-0.4, -0.2) is 20.5 Å². The molecule has 1 aliphatic heterocycles. The molecule has 1 N–H and O–H groups in total. The highest BCUT2D eigenvalue weighted by atomic mass is 32.2. The summed E-state index contributed by atoms with van der Waals surface area (Å²) in [5.41, 5.74) is 6.56. The number of allylic oxidation sites excluding steroid dienone is 2. The Kier molecular flexibility index (Phi) is 7.24. The van der Waals surface area contributed by atoms with E-state index in [0.717, 1.165) is 46.7 Å². The summed E-state index contributed by atoms with van der Waals surface area (Å²) in [7, 11) is 0. The fourth-order valence-electron chi connectivity index (χ4n) is 5.24. The van der Waals surface area contributed by atoms with Crippen molar-refractivity contribution in [2.45, 2.75) is 69.0 Å². The molecule has 204 valence electrons. The molecule has 0 saturated carbocycles. The summed E-state index contributed by atoms with van der Waals surface area (Å²) in [6.45, 7) is 7.15. The molecule has 0 radical (unpaired) electrons. The highest BCUT2D eigenvalue weighted by Crippen LogP contribution is 2.41. The van der Waals surface area contributed by atoms with Gasteiger partial charge in [-0.25, -0.2) is 4.68 Å². The minimum atomic E-state index is -0.309. The quantitative estimate of drug-likeness (QED) is 0.241. The number of nitrogens with zero attached hydrogens (tertiary/aromatic N) is 3. The molecule has 0 saturated heterocycles. The lowest BCUT2D eigenvalue weighted by atomic mass is 9.85. The maximum absolute atomic E-state index is 13.2. The third-order valence-corrected chi connectivity index (χ3v) is 8.39. The van der Waals surface area contributed by atoms with Crippen LogP contribution < -0.4 is 10.1 Å². The first-order valence-electron chi connectivity index (χ1n) is 13.8. The van der Waals surface area contributed by atoms with E-state index in [2.05, 4.69) is 62.5 Å². The van der Waals surface area contributed by atoms with Crippen LogP contribution in [0.1, 0.15) is 68.3 Å². The number of benzene rings is 3. The van der Waals surface area contributed by atoms with E-state index < -0.39 is 0 Å². The Hall–Kier alpha value is -3.84. The lowest BCUT2D eigenvalue weighted by Gasteiger charge is -2.32. The molecule has 2 aliphatic rings. The van der Waals surface area contributed by atoms with Crippen LogP contribution in [-0.2, 0) is 22.6 Å². The monoisotopic (exact) mass is 550 g/mol. The minimum absolute atomic E-state index is 0.129. The zero-order valence-electron chi connectivity index (χ0n) is 23.2. The fraction of sp³-hybridized carbons (Fsp3) is 0.303. The van der Waals surface area contributed by atoms with Gasteiger partial charge in [0.05, 0.1) is 0 Å². The number of ketones is 1. The van der Waals surface area contributed by atoms with Crippen LogP contribution >= 0.6 is 11.8 Å². The average molecular weight is 551 g/mol. The number of rotatable bonds is 7. The molecule has 0 bridgehead atoms. The second-order valence-corrected chi connectivity index (χ2v) is 12.4. The predicted octanol–water partition coefficient (Wildman–Crippen LogP) is 7.47. The second kappa shape index (κ2) is 11.0.